The van der Waals surface area contributed by atoms with E-state index in [1.807, 2.05) is 48.5 Å². The van der Waals surface area contributed by atoms with Gasteiger partial charge in [-0.25, -0.2) is 4.68 Å². The Morgan fingerprint density at radius 2 is 1.60 bits per heavy atom. The second-order valence-corrected chi connectivity index (χ2v) is 12.2. The maximum atomic E-state index is 13.6. The molecule has 5 atom stereocenters. The second-order valence-electron chi connectivity index (χ2n) is 12.2. The number of carbonyl (C=O) groups is 3. The van der Waals surface area contributed by atoms with E-state index in [4.69, 9.17) is 4.74 Å². The summed E-state index contributed by atoms with van der Waals surface area (Å²) in [4.78, 5) is 42.7. The molecule has 3 aromatic rings. The van der Waals surface area contributed by atoms with E-state index in [0.29, 0.717) is 31.6 Å². The molecule has 0 radical (unpaired) electrons. The number of rotatable bonds is 5. The van der Waals surface area contributed by atoms with E-state index >= 15 is 0 Å². The van der Waals surface area contributed by atoms with E-state index < -0.39 is 41.9 Å². The first-order chi connectivity index (χ1) is 21.8. The second kappa shape index (κ2) is 13.4. The molecule has 2 bridgehead atoms. The number of aromatic nitrogens is 3. The first-order valence-corrected chi connectivity index (χ1v) is 15.4. The number of benzene rings is 2. The third kappa shape index (κ3) is 7.39. The number of hydrogen-bond acceptors (Lipinski definition) is 9. The predicted molar refractivity (Wildman–Crippen MR) is 162 cm³/mol. The Bertz CT molecular complexity index is 1480. The fraction of sp³-hybridized carbons (Fsp3) is 0.469. The Kier molecular flexibility index (Phi) is 9.21. The van der Waals surface area contributed by atoms with Gasteiger partial charge in [-0.3, -0.25) is 19.3 Å². The van der Waals surface area contributed by atoms with Crippen LogP contribution < -0.4 is 16.0 Å². The standard InChI is InChI=1S/C32H39N7O6/c40-27-16-25-29(42)30(43)26(45-25)18-33-31(44)24(15-22-20-39(37-36-22)23-9-5-2-6-10-23)34-28(41)17-32(35-27)11-13-38(14-12-32)19-21-7-3-1-4-8-21/h1-10,20,24-26,29-30,42-43H,11-19H2,(H,33,44)(H,34,41)(H,35,40)/t24-,25+,26-,29?,30?/m1/s1. The predicted octanol–water partition coefficient (Wildman–Crippen LogP) is -0.155. The molecule has 5 N–H and O–H groups in total. The van der Waals surface area contributed by atoms with Gasteiger partial charge in [0.2, 0.25) is 17.7 Å². The van der Waals surface area contributed by atoms with E-state index in [-0.39, 0.29) is 37.6 Å². The molecular weight excluding hydrogens is 578 g/mol. The minimum absolute atomic E-state index is 0.0300. The monoisotopic (exact) mass is 617 g/mol. The summed E-state index contributed by atoms with van der Waals surface area (Å²) in [5, 5.41) is 38.4. The fourth-order valence-corrected chi connectivity index (χ4v) is 6.41. The number of amides is 3. The highest BCUT2D eigenvalue weighted by Crippen LogP contribution is 2.29. The summed E-state index contributed by atoms with van der Waals surface area (Å²) >= 11 is 0. The molecule has 238 valence electrons. The van der Waals surface area contributed by atoms with Gasteiger partial charge in [-0.05, 0) is 30.5 Å². The molecule has 0 aliphatic carbocycles. The van der Waals surface area contributed by atoms with Gasteiger partial charge >= 0.3 is 0 Å². The fourth-order valence-electron chi connectivity index (χ4n) is 6.41. The first-order valence-electron chi connectivity index (χ1n) is 15.4. The number of fused-ring (bicyclic) bond motifs is 2. The van der Waals surface area contributed by atoms with E-state index in [1.165, 1.54) is 5.56 Å². The molecule has 1 spiro atoms. The molecule has 4 heterocycles. The van der Waals surface area contributed by atoms with Crippen LogP contribution in [0.4, 0.5) is 0 Å². The lowest BCUT2D eigenvalue weighted by atomic mass is 9.83. The van der Waals surface area contributed by atoms with Crippen molar-refractivity contribution in [1.29, 1.82) is 0 Å². The van der Waals surface area contributed by atoms with Gasteiger partial charge in [0.15, 0.2) is 0 Å². The molecular formula is C32H39N7O6. The van der Waals surface area contributed by atoms with Crippen LogP contribution in [-0.4, -0.2) is 103 Å². The van der Waals surface area contributed by atoms with Gasteiger partial charge in [0.05, 0.1) is 35.6 Å². The molecule has 13 nitrogen and oxygen atoms in total. The van der Waals surface area contributed by atoms with Crippen molar-refractivity contribution in [2.75, 3.05) is 19.6 Å². The van der Waals surface area contributed by atoms with Gasteiger partial charge in [-0.1, -0.05) is 53.7 Å². The summed E-state index contributed by atoms with van der Waals surface area (Å²) in [7, 11) is 0. The molecule has 1 aromatic heterocycles. The largest absolute Gasteiger partial charge is 0.388 e. The molecule has 6 rings (SSSR count). The Hall–Kier alpha value is -4.17. The van der Waals surface area contributed by atoms with Crippen molar-refractivity contribution in [1.82, 2.24) is 35.8 Å². The van der Waals surface area contributed by atoms with Crippen LogP contribution in [0.5, 0.6) is 0 Å². The number of hydrogen-bond donors (Lipinski definition) is 5. The lowest BCUT2D eigenvalue weighted by molar-refractivity contribution is -0.133. The third-order valence-electron chi connectivity index (χ3n) is 8.92. The van der Waals surface area contributed by atoms with Crippen molar-refractivity contribution >= 4 is 17.7 Å². The Morgan fingerprint density at radius 3 is 2.33 bits per heavy atom. The molecule has 3 aliphatic heterocycles. The smallest absolute Gasteiger partial charge is 0.243 e. The summed E-state index contributed by atoms with van der Waals surface area (Å²) < 4.78 is 7.43. The lowest BCUT2D eigenvalue weighted by Gasteiger charge is -2.42. The average molecular weight is 618 g/mol. The van der Waals surface area contributed by atoms with Crippen LogP contribution >= 0.6 is 0 Å². The summed E-state index contributed by atoms with van der Waals surface area (Å²) in [5.41, 5.74) is 1.61. The summed E-state index contributed by atoms with van der Waals surface area (Å²) in [5.74, 6) is -1.23. The van der Waals surface area contributed by atoms with Crippen LogP contribution in [0.3, 0.4) is 0 Å². The Morgan fingerprint density at radius 1 is 0.911 bits per heavy atom. The summed E-state index contributed by atoms with van der Waals surface area (Å²) in [6.07, 6.45) is -1.87. The number of carbonyl (C=O) groups excluding carboxylic acids is 3. The number of aliphatic hydroxyl groups excluding tert-OH is 2. The minimum atomic E-state index is -1.30. The number of para-hydroxylation sites is 1. The van der Waals surface area contributed by atoms with Crippen LogP contribution in [0.15, 0.2) is 66.9 Å². The molecule has 3 saturated heterocycles. The molecule has 2 unspecified atom stereocenters. The highest BCUT2D eigenvalue weighted by Gasteiger charge is 2.45. The van der Waals surface area contributed by atoms with Gasteiger partial charge in [-0.15, -0.1) is 5.10 Å². The van der Waals surface area contributed by atoms with Crippen molar-refractivity contribution in [2.24, 2.45) is 0 Å². The number of aliphatic hydroxyl groups is 2. The average Bonchev–Trinajstić information content (AvgIpc) is 3.61. The van der Waals surface area contributed by atoms with Crippen molar-refractivity contribution in [3.63, 3.8) is 0 Å². The highest BCUT2D eigenvalue weighted by molar-refractivity contribution is 5.88. The topological polar surface area (TPSA) is 171 Å². The highest BCUT2D eigenvalue weighted by atomic mass is 16.5. The van der Waals surface area contributed by atoms with Crippen LogP contribution in [0.25, 0.3) is 5.69 Å². The molecule has 13 heteroatoms. The van der Waals surface area contributed by atoms with Crippen molar-refractivity contribution in [2.45, 2.75) is 74.6 Å². The van der Waals surface area contributed by atoms with Crippen LogP contribution in [0.1, 0.15) is 36.9 Å². The zero-order valence-corrected chi connectivity index (χ0v) is 24.9. The quantitative estimate of drug-likeness (QED) is 0.261. The Balaban J connectivity index is 1.21. The van der Waals surface area contributed by atoms with Gasteiger partial charge < -0.3 is 30.9 Å². The lowest BCUT2D eigenvalue weighted by Crippen LogP contribution is -2.59. The summed E-state index contributed by atoms with van der Waals surface area (Å²) in [6, 6.07) is 18.5. The van der Waals surface area contributed by atoms with Gasteiger partial charge in [0.1, 0.15) is 24.4 Å². The van der Waals surface area contributed by atoms with Crippen LogP contribution in [0, 0.1) is 0 Å². The normalized spacial score (nSPS) is 27.8. The first kappa shape index (κ1) is 30.8. The summed E-state index contributed by atoms with van der Waals surface area (Å²) in [6.45, 7) is 1.94. The SMILES string of the molecule is O=C1CC2(CCN(Cc3ccccc3)CC2)NC(=O)C[C@@H]2O[C@H](CNC(=O)[C@@H](Cc3cn(-c4ccccc4)nn3)N1)C(O)C2O. The maximum absolute atomic E-state index is 13.6. The molecule has 45 heavy (non-hydrogen) atoms. The number of nitrogens with zero attached hydrogens (tertiary/aromatic N) is 4. The minimum Gasteiger partial charge on any atom is -0.388 e. The van der Waals surface area contributed by atoms with E-state index in [0.717, 1.165) is 12.2 Å². The third-order valence-corrected chi connectivity index (χ3v) is 8.92. The zero-order chi connectivity index (χ0) is 31.4. The van der Waals surface area contributed by atoms with Crippen LogP contribution in [-0.2, 0) is 32.1 Å². The van der Waals surface area contributed by atoms with E-state index in [9.17, 15) is 24.6 Å². The van der Waals surface area contributed by atoms with Crippen molar-refractivity contribution in [3.8, 4) is 5.69 Å². The molecule has 3 amide bonds. The van der Waals surface area contributed by atoms with Crippen molar-refractivity contribution < 1.29 is 29.3 Å². The zero-order valence-electron chi connectivity index (χ0n) is 24.9. The molecule has 3 fully saturated rings. The van der Waals surface area contributed by atoms with Crippen LogP contribution in [0.2, 0.25) is 0 Å². The van der Waals surface area contributed by atoms with Crippen molar-refractivity contribution in [3.05, 3.63) is 78.1 Å². The van der Waals surface area contributed by atoms with Gasteiger partial charge in [0, 0.05) is 39.0 Å². The number of nitrogens with one attached hydrogen (secondary N) is 3. The van der Waals surface area contributed by atoms with E-state index in [1.54, 1.807) is 10.9 Å². The Labute approximate surface area is 260 Å². The number of ether oxygens (including phenoxy) is 1. The molecule has 3 aliphatic rings. The number of piperidine rings is 1. The maximum Gasteiger partial charge on any atom is 0.243 e. The number of likely N-dealkylation sites (tertiary alicyclic amines) is 1. The van der Waals surface area contributed by atoms with Gasteiger partial charge in [0.25, 0.3) is 0 Å². The molecule has 2 aromatic carbocycles. The molecule has 0 saturated carbocycles. The van der Waals surface area contributed by atoms with E-state index in [2.05, 4.69) is 43.3 Å². The van der Waals surface area contributed by atoms with Gasteiger partial charge in [-0.2, -0.15) is 0 Å².